The van der Waals surface area contributed by atoms with E-state index in [2.05, 4.69) is 10.3 Å². The molecule has 2 aromatic carbocycles. The number of benzene rings is 2. The van der Waals surface area contributed by atoms with Crippen molar-refractivity contribution in [1.82, 2.24) is 14.9 Å². The number of hydrogen-bond donors (Lipinski definition) is 2. The lowest BCUT2D eigenvalue weighted by molar-refractivity contribution is 0.0901. The van der Waals surface area contributed by atoms with Crippen molar-refractivity contribution >= 4 is 40.6 Å². The van der Waals surface area contributed by atoms with E-state index < -0.39 is 0 Å². The van der Waals surface area contributed by atoms with Gasteiger partial charge in [-0.1, -0.05) is 30.2 Å². The molecule has 168 valence electrons. The molecular weight excluding hydrogens is 446 g/mol. The Balaban J connectivity index is 1.60. The molecule has 0 spiro atoms. The second-order valence-electron chi connectivity index (χ2n) is 8.19. The number of methoxy groups -OCH3 is 1. The molecule has 1 fully saturated rings. The van der Waals surface area contributed by atoms with Gasteiger partial charge in [-0.25, -0.2) is 0 Å². The van der Waals surface area contributed by atoms with E-state index in [1.54, 1.807) is 25.3 Å². The number of aromatic nitrogens is 2. The van der Waals surface area contributed by atoms with Crippen LogP contribution in [-0.4, -0.2) is 29.2 Å². The number of hydrogen-bond acceptors (Lipinski definition) is 4. The van der Waals surface area contributed by atoms with Crippen LogP contribution in [0, 0.1) is 10.7 Å². The van der Waals surface area contributed by atoms with Gasteiger partial charge in [-0.2, -0.15) is 0 Å². The molecule has 0 aliphatic heterocycles. The normalized spacial score (nSPS) is 14.8. The summed E-state index contributed by atoms with van der Waals surface area (Å²) in [6.07, 6.45) is 4.03. The SMILES string of the molecule is COCCCn1c(=S)[nH]c2cc(C(=O)NC(c3ccc(Cl)cc3)C3CCC3)ccc2c1=O. The van der Waals surface area contributed by atoms with E-state index in [9.17, 15) is 9.59 Å². The molecule has 1 aliphatic carbocycles. The van der Waals surface area contributed by atoms with Crippen LogP contribution in [0.25, 0.3) is 10.9 Å². The van der Waals surface area contributed by atoms with Gasteiger partial charge in [-0.3, -0.25) is 14.2 Å². The highest BCUT2D eigenvalue weighted by Gasteiger charge is 2.30. The number of aromatic amines is 1. The van der Waals surface area contributed by atoms with Gasteiger partial charge in [0.1, 0.15) is 0 Å². The lowest BCUT2D eigenvalue weighted by atomic mass is 9.77. The van der Waals surface area contributed by atoms with E-state index in [1.807, 2.05) is 24.3 Å². The zero-order valence-electron chi connectivity index (χ0n) is 17.9. The van der Waals surface area contributed by atoms with Crippen molar-refractivity contribution in [3.8, 4) is 0 Å². The maximum absolute atomic E-state index is 13.1. The van der Waals surface area contributed by atoms with E-state index in [1.165, 1.54) is 11.0 Å². The van der Waals surface area contributed by atoms with Crippen molar-refractivity contribution in [3.05, 3.63) is 73.7 Å². The standard InChI is InChI=1S/C24H26ClN3O3S/c1-31-13-3-12-28-23(30)19-11-8-17(14-20(19)26-24(28)32)22(29)27-21(15-4-2-5-15)16-6-9-18(25)10-7-16/h6-11,14-15,21H,2-5,12-13H2,1H3,(H,26,32)(H,27,29). The maximum atomic E-state index is 13.1. The Labute approximate surface area is 196 Å². The number of amides is 1. The third-order valence-electron chi connectivity index (χ3n) is 6.11. The van der Waals surface area contributed by atoms with Crippen LogP contribution in [0.15, 0.2) is 47.3 Å². The third kappa shape index (κ3) is 4.80. The van der Waals surface area contributed by atoms with Gasteiger partial charge in [0.05, 0.1) is 16.9 Å². The first-order valence-corrected chi connectivity index (χ1v) is 11.6. The number of nitrogens with one attached hydrogen (secondary N) is 2. The Kier molecular flexibility index (Phi) is 7.08. The summed E-state index contributed by atoms with van der Waals surface area (Å²) in [5, 5.41) is 4.36. The molecule has 1 aromatic heterocycles. The molecule has 1 saturated carbocycles. The number of carbonyl (C=O) groups is 1. The summed E-state index contributed by atoms with van der Waals surface area (Å²) in [7, 11) is 1.62. The smallest absolute Gasteiger partial charge is 0.262 e. The number of H-pyrrole nitrogens is 1. The molecular formula is C24H26ClN3O3S. The Bertz CT molecular complexity index is 1230. The van der Waals surface area contributed by atoms with Crippen molar-refractivity contribution in [3.63, 3.8) is 0 Å². The molecule has 6 nitrogen and oxygen atoms in total. The quantitative estimate of drug-likeness (QED) is 0.357. The van der Waals surface area contributed by atoms with Crippen LogP contribution in [0.1, 0.15) is 47.6 Å². The van der Waals surface area contributed by atoms with E-state index >= 15 is 0 Å². The zero-order chi connectivity index (χ0) is 22.7. The van der Waals surface area contributed by atoms with E-state index in [-0.39, 0.29) is 17.5 Å². The molecule has 32 heavy (non-hydrogen) atoms. The van der Waals surface area contributed by atoms with Gasteiger partial charge >= 0.3 is 0 Å². The predicted octanol–water partition coefficient (Wildman–Crippen LogP) is 5.02. The lowest BCUT2D eigenvalue weighted by Gasteiger charge is -2.34. The molecule has 3 aromatic rings. The van der Waals surface area contributed by atoms with E-state index in [0.717, 1.165) is 18.4 Å². The summed E-state index contributed by atoms with van der Waals surface area (Å²) in [6.45, 7) is 1.03. The number of carbonyl (C=O) groups excluding carboxylic acids is 1. The number of halogens is 1. The van der Waals surface area contributed by atoms with Crippen LogP contribution in [0.4, 0.5) is 0 Å². The average molecular weight is 472 g/mol. The highest BCUT2D eigenvalue weighted by molar-refractivity contribution is 7.71. The van der Waals surface area contributed by atoms with Crippen LogP contribution in [0.3, 0.4) is 0 Å². The predicted molar refractivity (Wildman–Crippen MR) is 129 cm³/mol. The molecule has 1 unspecified atom stereocenters. The second-order valence-corrected chi connectivity index (χ2v) is 9.01. The minimum absolute atomic E-state index is 0.0727. The molecule has 4 rings (SSSR count). The van der Waals surface area contributed by atoms with Crippen molar-refractivity contribution in [2.24, 2.45) is 5.92 Å². The highest BCUT2D eigenvalue weighted by Crippen LogP contribution is 2.38. The minimum Gasteiger partial charge on any atom is -0.385 e. The summed E-state index contributed by atoms with van der Waals surface area (Å²) in [4.78, 5) is 29.1. The maximum Gasteiger partial charge on any atom is 0.262 e. The summed E-state index contributed by atoms with van der Waals surface area (Å²) >= 11 is 11.4. The van der Waals surface area contributed by atoms with Crippen LogP contribution < -0.4 is 10.9 Å². The van der Waals surface area contributed by atoms with Gasteiger partial charge in [-0.15, -0.1) is 0 Å². The second kappa shape index (κ2) is 9.98. The molecule has 1 aliphatic rings. The third-order valence-corrected chi connectivity index (χ3v) is 6.69. The monoisotopic (exact) mass is 471 g/mol. The van der Waals surface area contributed by atoms with Crippen LogP contribution in [-0.2, 0) is 11.3 Å². The Morgan fingerprint density at radius 3 is 2.69 bits per heavy atom. The molecule has 1 atom stereocenters. The van der Waals surface area contributed by atoms with Gasteiger partial charge in [0.2, 0.25) is 0 Å². The molecule has 8 heteroatoms. The fourth-order valence-electron chi connectivity index (χ4n) is 4.11. The first kappa shape index (κ1) is 22.7. The number of ether oxygens (including phenoxy) is 1. The first-order valence-electron chi connectivity index (χ1n) is 10.8. The van der Waals surface area contributed by atoms with Crippen LogP contribution in [0.5, 0.6) is 0 Å². The van der Waals surface area contributed by atoms with E-state index in [0.29, 0.717) is 51.8 Å². The topological polar surface area (TPSA) is 76.1 Å². The van der Waals surface area contributed by atoms with E-state index in [4.69, 9.17) is 28.6 Å². The Morgan fingerprint density at radius 2 is 2.03 bits per heavy atom. The van der Waals surface area contributed by atoms with Crippen LogP contribution >= 0.6 is 23.8 Å². The molecule has 1 heterocycles. The first-order chi connectivity index (χ1) is 15.5. The lowest BCUT2D eigenvalue weighted by Crippen LogP contribution is -2.36. The Morgan fingerprint density at radius 1 is 1.28 bits per heavy atom. The Hall–Kier alpha value is -2.48. The van der Waals surface area contributed by atoms with Gasteiger partial charge < -0.3 is 15.0 Å². The minimum atomic E-state index is -0.178. The van der Waals surface area contributed by atoms with Gasteiger partial charge in [-0.05, 0) is 73.3 Å². The summed E-state index contributed by atoms with van der Waals surface area (Å²) in [5.41, 5.74) is 1.92. The van der Waals surface area contributed by atoms with Crippen LogP contribution in [0.2, 0.25) is 5.02 Å². The van der Waals surface area contributed by atoms with Gasteiger partial charge in [0.15, 0.2) is 4.77 Å². The largest absolute Gasteiger partial charge is 0.385 e. The molecule has 0 saturated heterocycles. The molecule has 1 amide bonds. The number of rotatable bonds is 8. The fourth-order valence-corrected chi connectivity index (χ4v) is 4.52. The average Bonchev–Trinajstić information content (AvgIpc) is 2.74. The summed E-state index contributed by atoms with van der Waals surface area (Å²) in [6, 6.07) is 12.6. The fraction of sp³-hybridized carbons (Fsp3) is 0.375. The van der Waals surface area contributed by atoms with Crippen molar-refractivity contribution in [2.75, 3.05) is 13.7 Å². The summed E-state index contributed by atoms with van der Waals surface area (Å²) in [5.74, 6) is 0.230. The summed E-state index contributed by atoms with van der Waals surface area (Å²) < 4.78 is 6.93. The highest BCUT2D eigenvalue weighted by atomic mass is 35.5. The molecule has 2 N–H and O–H groups in total. The number of nitrogens with zero attached hydrogens (tertiary/aromatic N) is 1. The molecule has 0 bridgehead atoms. The van der Waals surface area contributed by atoms with Gasteiger partial charge in [0.25, 0.3) is 11.5 Å². The zero-order valence-corrected chi connectivity index (χ0v) is 19.5. The van der Waals surface area contributed by atoms with Crippen molar-refractivity contribution < 1.29 is 9.53 Å². The van der Waals surface area contributed by atoms with Gasteiger partial charge in [0, 0.05) is 30.8 Å². The molecule has 0 radical (unpaired) electrons. The van der Waals surface area contributed by atoms with Crippen molar-refractivity contribution in [2.45, 2.75) is 38.3 Å². The number of fused-ring (bicyclic) bond motifs is 1. The van der Waals surface area contributed by atoms with Crippen molar-refractivity contribution in [1.29, 1.82) is 0 Å².